The lowest BCUT2D eigenvalue weighted by molar-refractivity contribution is -0.155. The lowest BCUT2D eigenvalue weighted by atomic mass is 10.1. The first kappa shape index (κ1) is 17.5. The molecule has 0 spiro atoms. The van der Waals surface area contributed by atoms with Crippen LogP contribution in [0.1, 0.15) is 32.3 Å². The summed E-state index contributed by atoms with van der Waals surface area (Å²) in [4.78, 5) is 26.2. The minimum atomic E-state index is -0.546. The Bertz CT molecular complexity index is 516. The van der Waals surface area contributed by atoms with Crippen LogP contribution >= 0.6 is 0 Å². The molecule has 1 aliphatic rings. The SMILES string of the molecule is CC(C)CCCNC(=O)C1COCC(=O)N1Cc1ccccc1. The molecule has 0 aromatic heterocycles. The first-order chi connectivity index (χ1) is 11.1. The lowest BCUT2D eigenvalue weighted by Crippen LogP contribution is -2.56. The molecular formula is C18H26N2O3. The Morgan fingerprint density at radius 3 is 2.78 bits per heavy atom. The first-order valence-electron chi connectivity index (χ1n) is 8.26. The van der Waals surface area contributed by atoms with Gasteiger partial charge in [0.1, 0.15) is 12.6 Å². The highest BCUT2D eigenvalue weighted by atomic mass is 16.5. The zero-order valence-electron chi connectivity index (χ0n) is 14.0. The number of hydrogen-bond donors (Lipinski definition) is 1. The summed E-state index contributed by atoms with van der Waals surface area (Å²) in [7, 11) is 0. The molecule has 1 saturated heterocycles. The molecule has 5 nitrogen and oxygen atoms in total. The smallest absolute Gasteiger partial charge is 0.249 e. The van der Waals surface area contributed by atoms with E-state index in [1.165, 1.54) is 0 Å². The van der Waals surface area contributed by atoms with Gasteiger partial charge in [-0.3, -0.25) is 9.59 Å². The number of nitrogens with one attached hydrogen (secondary N) is 1. The van der Waals surface area contributed by atoms with Crippen LogP contribution in [-0.2, 0) is 20.9 Å². The Morgan fingerprint density at radius 2 is 2.09 bits per heavy atom. The van der Waals surface area contributed by atoms with E-state index >= 15 is 0 Å². The number of ether oxygens (including phenoxy) is 1. The minimum Gasteiger partial charge on any atom is -0.369 e. The molecule has 0 saturated carbocycles. The maximum Gasteiger partial charge on any atom is 0.249 e. The number of benzene rings is 1. The highest BCUT2D eigenvalue weighted by molar-refractivity contribution is 5.89. The van der Waals surface area contributed by atoms with Crippen molar-refractivity contribution < 1.29 is 14.3 Å². The Hall–Kier alpha value is -1.88. The molecule has 1 unspecified atom stereocenters. The predicted molar refractivity (Wildman–Crippen MR) is 88.7 cm³/mol. The van der Waals surface area contributed by atoms with Crippen LogP contribution in [0.2, 0.25) is 0 Å². The van der Waals surface area contributed by atoms with Crippen LogP contribution in [-0.4, -0.2) is 42.5 Å². The van der Waals surface area contributed by atoms with E-state index in [1.807, 2.05) is 30.3 Å². The molecule has 2 amide bonds. The van der Waals surface area contributed by atoms with Gasteiger partial charge in [-0.2, -0.15) is 0 Å². The average Bonchev–Trinajstić information content (AvgIpc) is 2.54. The third-order valence-corrected chi connectivity index (χ3v) is 3.95. The van der Waals surface area contributed by atoms with Crippen molar-refractivity contribution in [2.75, 3.05) is 19.8 Å². The normalized spacial score (nSPS) is 18.3. The van der Waals surface area contributed by atoms with Gasteiger partial charge in [0.25, 0.3) is 0 Å². The number of rotatable bonds is 7. The van der Waals surface area contributed by atoms with Crippen molar-refractivity contribution in [3.05, 3.63) is 35.9 Å². The van der Waals surface area contributed by atoms with Gasteiger partial charge in [-0.1, -0.05) is 44.2 Å². The quantitative estimate of drug-likeness (QED) is 0.782. The maximum atomic E-state index is 12.4. The number of amides is 2. The Morgan fingerprint density at radius 1 is 1.35 bits per heavy atom. The van der Waals surface area contributed by atoms with Gasteiger partial charge >= 0.3 is 0 Å². The first-order valence-corrected chi connectivity index (χ1v) is 8.26. The van der Waals surface area contributed by atoms with Crippen molar-refractivity contribution in [3.8, 4) is 0 Å². The molecule has 2 rings (SSSR count). The molecule has 1 N–H and O–H groups in total. The summed E-state index contributed by atoms with van der Waals surface area (Å²) in [5.41, 5.74) is 1.01. The third-order valence-electron chi connectivity index (χ3n) is 3.95. The third kappa shape index (κ3) is 5.36. The fourth-order valence-corrected chi connectivity index (χ4v) is 2.64. The molecule has 1 heterocycles. The Labute approximate surface area is 138 Å². The summed E-state index contributed by atoms with van der Waals surface area (Å²) in [5.74, 6) is 0.362. The number of morpholine rings is 1. The number of carbonyl (C=O) groups excluding carboxylic acids is 2. The maximum absolute atomic E-state index is 12.4. The molecule has 5 heteroatoms. The molecule has 0 bridgehead atoms. The van der Waals surface area contributed by atoms with Crippen molar-refractivity contribution in [1.29, 1.82) is 0 Å². The molecular weight excluding hydrogens is 292 g/mol. The Kier molecular flexibility index (Phi) is 6.59. The van der Waals surface area contributed by atoms with Crippen LogP contribution in [0.15, 0.2) is 30.3 Å². The van der Waals surface area contributed by atoms with E-state index in [0.717, 1.165) is 18.4 Å². The molecule has 126 valence electrons. The summed E-state index contributed by atoms with van der Waals surface area (Å²) < 4.78 is 5.28. The van der Waals surface area contributed by atoms with Gasteiger partial charge in [0.2, 0.25) is 11.8 Å². The fraction of sp³-hybridized carbons (Fsp3) is 0.556. The molecule has 1 aromatic rings. The van der Waals surface area contributed by atoms with Crippen molar-refractivity contribution in [2.45, 2.75) is 39.3 Å². The molecule has 1 fully saturated rings. The van der Waals surface area contributed by atoms with E-state index in [0.29, 0.717) is 19.0 Å². The van der Waals surface area contributed by atoms with Crippen LogP contribution in [0.4, 0.5) is 0 Å². The molecule has 0 aliphatic carbocycles. The van der Waals surface area contributed by atoms with E-state index in [-0.39, 0.29) is 25.0 Å². The zero-order chi connectivity index (χ0) is 16.7. The van der Waals surface area contributed by atoms with E-state index in [9.17, 15) is 9.59 Å². The summed E-state index contributed by atoms with van der Waals surface area (Å²) in [5, 5.41) is 2.93. The number of carbonyl (C=O) groups is 2. The average molecular weight is 318 g/mol. The molecule has 1 atom stereocenters. The highest BCUT2D eigenvalue weighted by Gasteiger charge is 2.33. The fourth-order valence-electron chi connectivity index (χ4n) is 2.64. The molecule has 0 radical (unpaired) electrons. The topological polar surface area (TPSA) is 58.6 Å². The van der Waals surface area contributed by atoms with E-state index in [4.69, 9.17) is 4.74 Å². The minimum absolute atomic E-state index is 0.0456. The van der Waals surface area contributed by atoms with Crippen molar-refractivity contribution >= 4 is 11.8 Å². The predicted octanol–water partition coefficient (Wildman–Crippen LogP) is 1.97. The molecule has 1 aromatic carbocycles. The molecule has 23 heavy (non-hydrogen) atoms. The van der Waals surface area contributed by atoms with Crippen LogP contribution in [0.5, 0.6) is 0 Å². The zero-order valence-corrected chi connectivity index (χ0v) is 14.0. The summed E-state index contributed by atoms with van der Waals surface area (Å²) >= 11 is 0. The van der Waals surface area contributed by atoms with Gasteiger partial charge < -0.3 is 15.0 Å². The van der Waals surface area contributed by atoms with Gasteiger partial charge in [-0.25, -0.2) is 0 Å². The Balaban J connectivity index is 1.93. The second-order valence-corrected chi connectivity index (χ2v) is 6.37. The van der Waals surface area contributed by atoms with Gasteiger partial charge in [0.05, 0.1) is 6.61 Å². The van der Waals surface area contributed by atoms with Gasteiger partial charge in [-0.15, -0.1) is 0 Å². The standard InChI is InChI=1S/C18H26N2O3/c1-14(2)7-6-10-19-18(22)16-12-23-13-17(21)20(16)11-15-8-4-3-5-9-15/h3-5,8-9,14,16H,6-7,10-13H2,1-2H3,(H,19,22). The molecule has 1 aliphatic heterocycles. The summed E-state index contributed by atoms with van der Waals surface area (Å²) in [6.45, 7) is 5.71. The largest absolute Gasteiger partial charge is 0.369 e. The van der Waals surface area contributed by atoms with Gasteiger partial charge in [0, 0.05) is 13.1 Å². The monoisotopic (exact) mass is 318 g/mol. The van der Waals surface area contributed by atoms with Crippen LogP contribution in [0, 0.1) is 5.92 Å². The van der Waals surface area contributed by atoms with E-state index in [1.54, 1.807) is 4.90 Å². The van der Waals surface area contributed by atoms with Crippen molar-refractivity contribution in [3.63, 3.8) is 0 Å². The van der Waals surface area contributed by atoms with Gasteiger partial charge in [-0.05, 0) is 24.3 Å². The second-order valence-electron chi connectivity index (χ2n) is 6.37. The van der Waals surface area contributed by atoms with Crippen LogP contribution < -0.4 is 5.32 Å². The van der Waals surface area contributed by atoms with Crippen LogP contribution in [0.3, 0.4) is 0 Å². The highest BCUT2D eigenvalue weighted by Crippen LogP contribution is 2.14. The van der Waals surface area contributed by atoms with E-state index < -0.39 is 6.04 Å². The summed E-state index contributed by atoms with van der Waals surface area (Å²) in [6.07, 6.45) is 2.03. The summed E-state index contributed by atoms with van der Waals surface area (Å²) in [6, 6.07) is 9.17. The van der Waals surface area contributed by atoms with Crippen LogP contribution in [0.25, 0.3) is 0 Å². The van der Waals surface area contributed by atoms with Crippen molar-refractivity contribution in [2.24, 2.45) is 5.92 Å². The lowest BCUT2D eigenvalue weighted by Gasteiger charge is -2.34. The van der Waals surface area contributed by atoms with E-state index in [2.05, 4.69) is 19.2 Å². The number of nitrogens with zero attached hydrogens (tertiary/aromatic N) is 1. The van der Waals surface area contributed by atoms with Crippen molar-refractivity contribution in [1.82, 2.24) is 10.2 Å². The number of hydrogen-bond acceptors (Lipinski definition) is 3. The second kappa shape index (κ2) is 8.67. The van der Waals surface area contributed by atoms with Gasteiger partial charge in [0.15, 0.2) is 0 Å².